The van der Waals surface area contributed by atoms with Crippen molar-refractivity contribution in [2.24, 2.45) is 5.73 Å². The van der Waals surface area contributed by atoms with Crippen LogP contribution in [-0.4, -0.2) is 28.3 Å². The van der Waals surface area contributed by atoms with Crippen molar-refractivity contribution in [3.63, 3.8) is 0 Å². The molecular weight excluding hydrogens is 416 g/mol. The molecule has 2 N–H and O–H groups in total. The third-order valence-electron chi connectivity index (χ3n) is 4.30. The Morgan fingerprint density at radius 2 is 1.81 bits per heavy atom. The first-order chi connectivity index (χ1) is 14.6. The first kappa shape index (κ1) is 21.9. The second-order valence-corrected chi connectivity index (χ2v) is 6.61. The van der Waals surface area contributed by atoms with Crippen LogP contribution in [0.4, 0.5) is 23.2 Å². The van der Waals surface area contributed by atoms with Gasteiger partial charge in [-0.25, -0.2) is 9.37 Å². The van der Waals surface area contributed by atoms with E-state index in [4.69, 9.17) is 5.73 Å². The number of carbonyl (C=O) groups excluding carboxylic acids is 2. The maximum Gasteiger partial charge on any atom is 0.433 e. The Bertz CT molecular complexity index is 1150. The van der Waals surface area contributed by atoms with Crippen LogP contribution in [0.2, 0.25) is 0 Å². The van der Waals surface area contributed by atoms with Crippen LogP contribution in [0.5, 0.6) is 0 Å². The Morgan fingerprint density at radius 3 is 2.45 bits per heavy atom. The van der Waals surface area contributed by atoms with E-state index in [1.807, 2.05) is 0 Å². The van der Waals surface area contributed by atoms with E-state index < -0.39 is 36.0 Å². The first-order valence-corrected chi connectivity index (χ1v) is 8.93. The summed E-state index contributed by atoms with van der Waals surface area (Å²) in [6.45, 7) is 0.647. The monoisotopic (exact) mass is 432 g/mol. The molecule has 0 spiro atoms. The fourth-order valence-electron chi connectivity index (χ4n) is 3.02. The first-order valence-electron chi connectivity index (χ1n) is 8.93. The summed E-state index contributed by atoms with van der Waals surface area (Å²) in [6, 6.07) is 8.89. The van der Waals surface area contributed by atoms with Gasteiger partial charge >= 0.3 is 6.18 Å². The van der Waals surface area contributed by atoms with Crippen molar-refractivity contribution in [1.29, 1.82) is 0 Å². The van der Waals surface area contributed by atoms with Crippen molar-refractivity contribution in [3.8, 4) is 11.1 Å². The van der Waals surface area contributed by atoms with E-state index in [9.17, 15) is 27.2 Å². The molecule has 10 heteroatoms. The molecule has 2 heterocycles. The highest BCUT2D eigenvalue weighted by Crippen LogP contribution is 2.33. The molecular formula is C21H16F4N4O2. The van der Waals surface area contributed by atoms with E-state index in [2.05, 4.69) is 9.97 Å². The standard InChI is InChI=1S/C21H16F4N4O2/c1-12-8-13(9-18(28-12)21(23,24)25)20(31)29(11-19(26)30)17-10-27-7-6-15(17)14-4-2-3-5-16(14)22/h2-10H,11H2,1H3,(H2,26,30). The van der Waals surface area contributed by atoms with Gasteiger partial charge in [0.25, 0.3) is 5.91 Å². The summed E-state index contributed by atoms with van der Waals surface area (Å²) in [4.78, 5) is 33.0. The van der Waals surface area contributed by atoms with Gasteiger partial charge in [0.1, 0.15) is 18.1 Å². The van der Waals surface area contributed by atoms with E-state index in [1.165, 1.54) is 43.6 Å². The molecule has 0 aliphatic rings. The normalized spacial score (nSPS) is 11.3. The number of aromatic nitrogens is 2. The molecule has 0 atom stereocenters. The van der Waals surface area contributed by atoms with Gasteiger partial charge in [0.2, 0.25) is 5.91 Å². The Kier molecular flexibility index (Phi) is 6.00. The molecule has 0 saturated carbocycles. The number of aryl methyl sites for hydroxylation is 1. The lowest BCUT2D eigenvalue weighted by Crippen LogP contribution is -2.39. The number of alkyl halides is 3. The van der Waals surface area contributed by atoms with Gasteiger partial charge in [-0.3, -0.25) is 19.5 Å². The number of amides is 2. The average molecular weight is 432 g/mol. The van der Waals surface area contributed by atoms with Gasteiger partial charge < -0.3 is 5.73 Å². The van der Waals surface area contributed by atoms with Crippen LogP contribution >= 0.6 is 0 Å². The zero-order valence-corrected chi connectivity index (χ0v) is 16.2. The highest BCUT2D eigenvalue weighted by atomic mass is 19.4. The SMILES string of the molecule is Cc1cc(C(=O)N(CC(N)=O)c2cnccc2-c2ccccc2F)cc(C(F)(F)F)n1. The molecule has 3 aromatic rings. The van der Waals surface area contributed by atoms with E-state index in [-0.39, 0.29) is 28.1 Å². The molecule has 0 aliphatic carbocycles. The van der Waals surface area contributed by atoms with Crippen molar-refractivity contribution < 1.29 is 27.2 Å². The molecule has 160 valence electrons. The molecule has 3 rings (SSSR count). The van der Waals surface area contributed by atoms with Crippen molar-refractivity contribution >= 4 is 17.5 Å². The number of rotatable bonds is 5. The largest absolute Gasteiger partial charge is 0.433 e. The van der Waals surface area contributed by atoms with Crippen molar-refractivity contribution in [3.05, 3.63) is 77.6 Å². The van der Waals surface area contributed by atoms with Crippen LogP contribution in [0.25, 0.3) is 11.1 Å². The fraction of sp³-hybridized carbons (Fsp3) is 0.143. The Morgan fingerprint density at radius 1 is 1.10 bits per heavy atom. The van der Waals surface area contributed by atoms with E-state index in [1.54, 1.807) is 6.07 Å². The molecule has 31 heavy (non-hydrogen) atoms. The number of nitrogens with two attached hydrogens (primary N) is 1. The number of nitrogens with zero attached hydrogens (tertiary/aromatic N) is 3. The minimum atomic E-state index is -4.78. The number of hydrogen-bond donors (Lipinski definition) is 1. The minimum Gasteiger partial charge on any atom is -0.368 e. The van der Waals surface area contributed by atoms with Gasteiger partial charge in [-0.1, -0.05) is 18.2 Å². The quantitative estimate of drug-likeness (QED) is 0.622. The average Bonchev–Trinajstić information content (AvgIpc) is 2.71. The molecule has 0 bridgehead atoms. The number of halogens is 4. The number of benzene rings is 1. The Hall–Kier alpha value is -3.82. The molecule has 6 nitrogen and oxygen atoms in total. The molecule has 1 aromatic carbocycles. The summed E-state index contributed by atoms with van der Waals surface area (Å²) in [5.41, 5.74) is 3.96. The van der Waals surface area contributed by atoms with Crippen molar-refractivity contribution in [2.45, 2.75) is 13.1 Å². The molecule has 0 fully saturated rings. The lowest BCUT2D eigenvalue weighted by atomic mass is 10.0. The van der Waals surface area contributed by atoms with Gasteiger partial charge in [0.15, 0.2) is 0 Å². The van der Waals surface area contributed by atoms with Crippen LogP contribution < -0.4 is 10.6 Å². The van der Waals surface area contributed by atoms with Crippen molar-refractivity contribution in [2.75, 3.05) is 11.4 Å². The maximum atomic E-state index is 14.4. The van der Waals surface area contributed by atoms with Crippen LogP contribution in [0.15, 0.2) is 54.9 Å². The molecule has 2 amide bonds. The van der Waals surface area contributed by atoms with Gasteiger partial charge in [-0.2, -0.15) is 13.2 Å². The van der Waals surface area contributed by atoms with Crippen LogP contribution in [0.3, 0.4) is 0 Å². The molecule has 0 saturated heterocycles. The molecule has 2 aromatic heterocycles. The zero-order chi connectivity index (χ0) is 22.8. The molecule has 0 aliphatic heterocycles. The third kappa shape index (κ3) is 4.85. The summed E-state index contributed by atoms with van der Waals surface area (Å²) < 4.78 is 53.9. The van der Waals surface area contributed by atoms with Crippen LogP contribution in [0.1, 0.15) is 21.7 Å². The number of pyridine rings is 2. The van der Waals surface area contributed by atoms with E-state index in [0.29, 0.717) is 6.07 Å². The predicted molar refractivity (Wildman–Crippen MR) is 104 cm³/mol. The Balaban J connectivity index is 2.16. The highest BCUT2D eigenvalue weighted by molar-refractivity contribution is 6.10. The number of anilines is 1. The maximum absolute atomic E-state index is 14.4. The van der Waals surface area contributed by atoms with E-state index >= 15 is 0 Å². The van der Waals surface area contributed by atoms with Gasteiger partial charge in [-0.05, 0) is 31.2 Å². The third-order valence-corrected chi connectivity index (χ3v) is 4.30. The summed E-state index contributed by atoms with van der Waals surface area (Å²) in [7, 11) is 0. The lowest BCUT2D eigenvalue weighted by molar-refractivity contribution is -0.141. The second kappa shape index (κ2) is 8.50. The molecule has 0 radical (unpaired) electrons. The fourth-order valence-corrected chi connectivity index (χ4v) is 3.02. The minimum absolute atomic E-state index is 0.0134. The zero-order valence-electron chi connectivity index (χ0n) is 16.2. The van der Waals surface area contributed by atoms with E-state index in [0.717, 1.165) is 11.0 Å². The Labute approximate surface area is 174 Å². The number of hydrogen-bond acceptors (Lipinski definition) is 4. The van der Waals surface area contributed by atoms with Gasteiger partial charge in [0, 0.05) is 28.6 Å². The molecule has 0 unspecified atom stereocenters. The summed E-state index contributed by atoms with van der Waals surface area (Å²) in [6.07, 6.45) is -2.21. The lowest BCUT2D eigenvalue weighted by Gasteiger charge is -2.24. The summed E-state index contributed by atoms with van der Waals surface area (Å²) >= 11 is 0. The van der Waals surface area contributed by atoms with Gasteiger partial charge in [0.05, 0.1) is 11.9 Å². The van der Waals surface area contributed by atoms with Crippen LogP contribution in [0, 0.1) is 12.7 Å². The van der Waals surface area contributed by atoms with Gasteiger partial charge in [-0.15, -0.1) is 0 Å². The summed E-state index contributed by atoms with van der Waals surface area (Å²) in [5, 5.41) is 0. The number of primary amides is 1. The summed E-state index contributed by atoms with van der Waals surface area (Å²) in [5.74, 6) is -2.46. The topological polar surface area (TPSA) is 89.2 Å². The predicted octanol–water partition coefficient (Wildman–Crippen LogP) is 3.74. The smallest absolute Gasteiger partial charge is 0.368 e. The second-order valence-electron chi connectivity index (χ2n) is 6.61. The highest BCUT2D eigenvalue weighted by Gasteiger charge is 2.34. The number of carbonyl (C=O) groups is 2. The van der Waals surface area contributed by atoms with Crippen LogP contribution in [-0.2, 0) is 11.0 Å². The van der Waals surface area contributed by atoms with Crippen molar-refractivity contribution in [1.82, 2.24) is 9.97 Å².